The van der Waals surface area contributed by atoms with Crippen LogP contribution < -0.4 is 0 Å². The molecule has 6 nitrogen and oxygen atoms in total. The van der Waals surface area contributed by atoms with Crippen molar-refractivity contribution in [2.45, 2.75) is 0 Å². The first-order valence-corrected chi connectivity index (χ1v) is 4.95. The first-order valence-electron chi connectivity index (χ1n) is 4.95. The fraction of sp³-hybridized carbons (Fsp3) is 0.462. The summed E-state index contributed by atoms with van der Waals surface area (Å²) in [7, 11) is 6.00. The Bertz CT molecular complexity index is 153. The van der Waals surface area contributed by atoms with E-state index in [1.165, 1.54) is 0 Å². The molecule has 1 rings (SSSR count). The van der Waals surface area contributed by atoms with Crippen LogP contribution in [-0.4, -0.2) is 73.3 Å². The second kappa shape index (κ2) is 101. The zero-order chi connectivity index (χ0) is 17.1. The number of hydrogen-bond acceptors (Lipinski definition) is 6. The van der Waals surface area contributed by atoms with E-state index in [1.807, 2.05) is 30.3 Å². The molecule has 0 heterocycles. The molecule has 0 atom stereocenters. The van der Waals surface area contributed by atoms with E-state index < -0.39 is 0 Å². The van der Waals surface area contributed by atoms with E-state index >= 15 is 0 Å². The summed E-state index contributed by atoms with van der Waals surface area (Å²) in [4.78, 5) is 0. The molecule has 0 fully saturated rings. The van der Waals surface area contributed by atoms with E-state index in [0.717, 1.165) is 48.2 Å². The van der Waals surface area contributed by atoms with Gasteiger partial charge in [0.2, 0.25) is 0 Å². The Morgan fingerprint density at radius 3 is 0.850 bits per heavy atom. The number of benzene rings is 1. The molecule has 0 saturated heterocycles. The quantitative estimate of drug-likeness (QED) is 0.278. The van der Waals surface area contributed by atoms with Crippen LogP contribution in [0.2, 0.25) is 0 Å². The second-order valence-corrected chi connectivity index (χ2v) is 1.49. The van der Waals surface area contributed by atoms with Crippen molar-refractivity contribution in [1.82, 2.24) is 0 Å². The molecule has 0 saturated carbocycles. The van der Waals surface area contributed by atoms with Crippen molar-refractivity contribution in [3.05, 3.63) is 42.8 Å². The summed E-state index contributed by atoms with van der Waals surface area (Å²) in [5, 5.41) is 42.0. The molecule has 122 valence electrons. The molecule has 20 heavy (non-hydrogen) atoms. The van der Waals surface area contributed by atoms with Crippen LogP contribution in [-0.2, 0) is 19.5 Å². The normalized spacial score (nSPS) is 4.80. The number of aliphatic hydroxyl groups is 6. The van der Waals surface area contributed by atoms with Crippen molar-refractivity contribution in [3.63, 3.8) is 0 Å². The Morgan fingerprint density at radius 1 is 0.550 bits per heavy atom. The van der Waals surface area contributed by atoms with Crippen molar-refractivity contribution in [3.8, 4) is 0 Å². The van der Waals surface area contributed by atoms with Gasteiger partial charge in [-0.2, -0.15) is 24.6 Å². The van der Waals surface area contributed by atoms with Gasteiger partial charge in [-0.25, -0.2) is 0 Å². The molecular formula is C13H31O6Zn-. The van der Waals surface area contributed by atoms with E-state index in [1.54, 1.807) is 0 Å². The summed E-state index contributed by atoms with van der Waals surface area (Å²) >= 11 is 0. The fourth-order valence-corrected chi connectivity index (χ4v) is 0.478. The minimum atomic E-state index is 0. The van der Waals surface area contributed by atoms with Gasteiger partial charge in [0.05, 0.1) is 0 Å². The van der Waals surface area contributed by atoms with Gasteiger partial charge in [0, 0.05) is 62.1 Å². The maximum Gasteiger partial charge on any atom is 0.0319 e. The van der Waals surface area contributed by atoms with Crippen LogP contribution in [0.15, 0.2) is 30.3 Å². The molecule has 1 aromatic carbocycles. The van der Waals surface area contributed by atoms with Gasteiger partial charge in [-0.3, -0.25) is 0 Å². The van der Waals surface area contributed by atoms with Crippen LogP contribution in [0, 0.1) is 6.92 Å². The number of rotatable bonds is 0. The molecule has 0 bridgehead atoms. The summed E-state index contributed by atoms with van der Waals surface area (Å²) in [5.74, 6) is 0. The van der Waals surface area contributed by atoms with Crippen molar-refractivity contribution < 1.29 is 50.1 Å². The average molecular weight is 349 g/mol. The zero-order valence-electron chi connectivity index (χ0n) is 13.5. The predicted octanol–water partition coefficient (Wildman–Crippen LogP) is -0.483. The van der Waals surface area contributed by atoms with Gasteiger partial charge in [0.15, 0.2) is 0 Å². The van der Waals surface area contributed by atoms with Gasteiger partial charge in [-0.1, -0.05) is 6.07 Å². The maximum atomic E-state index is 7.00. The van der Waals surface area contributed by atoms with Gasteiger partial charge in [0.25, 0.3) is 0 Å². The molecule has 0 amide bonds. The Hall–Kier alpha value is -0.527. The Labute approximate surface area is 136 Å². The van der Waals surface area contributed by atoms with Crippen LogP contribution in [0.3, 0.4) is 0 Å². The van der Waals surface area contributed by atoms with E-state index in [9.17, 15) is 0 Å². The molecule has 0 aromatic heterocycles. The molecule has 6 N–H and O–H groups in total. The summed E-state index contributed by atoms with van der Waals surface area (Å²) in [6.07, 6.45) is 0. The van der Waals surface area contributed by atoms with Gasteiger partial charge < -0.3 is 30.6 Å². The van der Waals surface area contributed by atoms with Crippen LogP contribution in [0.1, 0.15) is 5.56 Å². The van der Waals surface area contributed by atoms with Crippen molar-refractivity contribution in [2.75, 3.05) is 42.7 Å². The Morgan fingerprint density at radius 2 is 0.750 bits per heavy atom. The molecule has 0 spiro atoms. The fourth-order valence-electron chi connectivity index (χ4n) is 0.478. The maximum absolute atomic E-state index is 7.00. The molecular weight excluding hydrogens is 318 g/mol. The largest absolute Gasteiger partial charge is 0.400 e. The third-order valence-electron chi connectivity index (χ3n) is 0.843. The molecule has 0 aliphatic rings. The van der Waals surface area contributed by atoms with Crippen LogP contribution in [0.25, 0.3) is 0 Å². The topological polar surface area (TPSA) is 121 Å². The molecule has 0 radical (unpaired) electrons. The van der Waals surface area contributed by atoms with Gasteiger partial charge in [-0.05, 0) is 0 Å². The minimum Gasteiger partial charge on any atom is -0.400 e. The smallest absolute Gasteiger partial charge is 0.0319 e. The summed E-state index contributed by atoms with van der Waals surface area (Å²) in [6, 6.07) is 9.87. The van der Waals surface area contributed by atoms with Crippen molar-refractivity contribution in [2.24, 2.45) is 0 Å². The predicted molar refractivity (Wildman–Crippen MR) is 79.8 cm³/mol. The van der Waals surface area contributed by atoms with Crippen molar-refractivity contribution >= 4 is 0 Å². The van der Waals surface area contributed by atoms with Gasteiger partial charge >= 0.3 is 0 Å². The third kappa shape index (κ3) is 84.9. The second-order valence-electron chi connectivity index (χ2n) is 1.49. The summed E-state index contributed by atoms with van der Waals surface area (Å²) < 4.78 is 0. The van der Waals surface area contributed by atoms with Crippen molar-refractivity contribution in [1.29, 1.82) is 0 Å². The van der Waals surface area contributed by atoms with E-state index in [0.29, 0.717) is 0 Å². The van der Waals surface area contributed by atoms with Crippen LogP contribution >= 0.6 is 0 Å². The van der Waals surface area contributed by atoms with Crippen LogP contribution in [0.5, 0.6) is 0 Å². The molecule has 1 aromatic rings. The number of hydrogen-bond donors (Lipinski definition) is 6. The van der Waals surface area contributed by atoms with Gasteiger partial charge in [0.1, 0.15) is 0 Å². The van der Waals surface area contributed by atoms with Gasteiger partial charge in [-0.15, -0.1) is 12.1 Å². The van der Waals surface area contributed by atoms with Crippen LogP contribution in [0.4, 0.5) is 0 Å². The molecule has 0 aliphatic heterocycles. The first kappa shape index (κ1) is 42.7. The molecule has 0 aliphatic carbocycles. The zero-order valence-corrected chi connectivity index (χ0v) is 16.5. The van der Waals surface area contributed by atoms with E-state index in [-0.39, 0.29) is 19.5 Å². The number of aliphatic hydroxyl groups excluding tert-OH is 6. The summed E-state index contributed by atoms with van der Waals surface area (Å²) in [5.41, 5.74) is 1.07. The SMILES string of the molecule is CO.CO.CO.CO.CO.CO.[CH2-]c1ccccc1.[Zn]. The Kier molecular flexibility index (Phi) is 216. The first-order chi connectivity index (χ1) is 9.39. The Balaban J connectivity index is -0.0000000227. The third-order valence-corrected chi connectivity index (χ3v) is 0.843. The minimum absolute atomic E-state index is 0. The van der Waals surface area contributed by atoms with E-state index in [2.05, 4.69) is 6.92 Å². The summed E-state index contributed by atoms with van der Waals surface area (Å²) in [6.45, 7) is 3.72. The average Bonchev–Trinajstić information content (AvgIpc) is 2.59. The monoisotopic (exact) mass is 347 g/mol. The van der Waals surface area contributed by atoms with E-state index in [4.69, 9.17) is 30.6 Å². The molecule has 7 heteroatoms. The molecule has 0 unspecified atom stereocenters. The standard InChI is InChI=1S/C7H7.6CH4O.Zn/c1-7-5-3-2-4-6-7;6*1-2;/h2-6H,1H2;6*2H,1H3;/q-1;;;;;;;.